The van der Waals surface area contributed by atoms with E-state index >= 15 is 0 Å². The zero-order valence-corrected chi connectivity index (χ0v) is 18.4. The van der Waals surface area contributed by atoms with Crippen molar-refractivity contribution >= 4 is 51.4 Å². The molecule has 0 aliphatic heterocycles. The van der Waals surface area contributed by atoms with E-state index in [-0.39, 0.29) is 23.6 Å². The summed E-state index contributed by atoms with van der Waals surface area (Å²) in [6.45, 7) is 0. The molecule has 0 spiro atoms. The maximum Gasteiger partial charge on any atom is 0.253 e. The molecule has 1 saturated carbocycles. The van der Waals surface area contributed by atoms with Gasteiger partial charge in [-0.3, -0.25) is 9.59 Å². The highest BCUT2D eigenvalue weighted by Crippen LogP contribution is 2.29. The summed E-state index contributed by atoms with van der Waals surface area (Å²) in [6.07, 6.45) is 2.01. The van der Waals surface area contributed by atoms with Gasteiger partial charge in [-0.25, -0.2) is 0 Å². The summed E-state index contributed by atoms with van der Waals surface area (Å²) in [7, 11) is 1.61. The van der Waals surface area contributed by atoms with Crippen LogP contribution in [-0.4, -0.2) is 40.9 Å². The molecular formula is C21H21N5O3S2. The number of aromatic nitrogens is 2. The molecule has 0 unspecified atom stereocenters. The molecule has 1 fully saturated rings. The van der Waals surface area contributed by atoms with E-state index in [1.807, 2.05) is 24.3 Å². The zero-order chi connectivity index (χ0) is 21.6. The van der Waals surface area contributed by atoms with Gasteiger partial charge in [0.15, 0.2) is 4.34 Å². The minimum atomic E-state index is -0.214. The van der Waals surface area contributed by atoms with Crippen molar-refractivity contribution in [3.05, 3.63) is 54.1 Å². The molecule has 0 atom stereocenters. The van der Waals surface area contributed by atoms with E-state index < -0.39 is 0 Å². The van der Waals surface area contributed by atoms with E-state index in [1.54, 1.807) is 31.4 Å². The molecule has 2 aromatic carbocycles. The third-order valence-corrected chi connectivity index (χ3v) is 6.38. The fourth-order valence-corrected chi connectivity index (χ4v) is 4.31. The fourth-order valence-electron chi connectivity index (χ4n) is 2.74. The number of ether oxygens (including phenoxy) is 1. The number of carbonyl (C=O) groups is 2. The number of nitrogens with one attached hydrogen (secondary N) is 3. The average Bonchev–Trinajstić information content (AvgIpc) is 3.48. The fraction of sp³-hybridized carbons (Fsp3) is 0.238. The van der Waals surface area contributed by atoms with E-state index in [2.05, 4.69) is 26.1 Å². The van der Waals surface area contributed by atoms with Gasteiger partial charge in [-0.15, -0.1) is 10.2 Å². The molecule has 1 aromatic heterocycles. The maximum atomic E-state index is 12.4. The molecule has 8 nitrogen and oxygen atoms in total. The Morgan fingerprint density at radius 2 is 2.00 bits per heavy atom. The van der Waals surface area contributed by atoms with Crippen LogP contribution < -0.4 is 20.7 Å². The molecule has 31 heavy (non-hydrogen) atoms. The van der Waals surface area contributed by atoms with Gasteiger partial charge in [-0.05, 0) is 37.1 Å². The first-order valence-corrected chi connectivity index (χ1v) is 11.5. The lowest BCUT2D eigenvalue weighted by Gasteiger charge is -2.10. The van der Waals surface area contributed by atoms with Crippen LogP contribution in [0.15, 0.2) is 52.9 Å². The van der Waals surface area contributed by atoms with E-state index in [1.165, 1.54) is 23.1 Å². The second-order valence-electron chi connectivity index (χ2n) is 6.86. The van der Waals surface area contributed by atoms with Crippen molar-refractivity contribution < 1.29 is 14.3 Å². The Balaban J connectivity index is 1.31. The molecule has 0 saturated heterocycles. The predicted molar refractivity (Wildman–Crippen MR) is 122 cm³/mol. The first-order chi connectivity index (χ1) is 15.1. The van der Waals surface area contributed by atoms with Crippen LogP contribution >= 0.6 is 23.1 Å². The predicted octanol–water partition coefficient (Wildman–Crippen LogP) is 3.91. The summed E-state index contributed by atoms with van der Waals surface area (Å²) in [6, 6.07) is 14.8. The molecule has 1 aliphatic rings. The molecular weight excluding hydrogens is 434 g/mol. The van der Waals surface area contributed by atoms with Crippen LogP contribution in [-0.2, 0) is 4.79 Å². The molecule has 3 aromatic rings. The average molecular weight is 456 g/mol. The summed E-state index contributed by atoms with van der Waals surface area (Å²) in [5.41, 5.74) is 1.81. The second-order valence-corrected chi connectivity index (χ2v) is 9.06. The van der Waals surface area contributed by atoms with Crippen molar-refractivity contribution in [3.8, 4) is 5.75 Å². The third-order valence-electron chi connectivity index (χ3n) is 4.41. The number of para-hydroxylation sites is 1. The van der Waals surface area contributed by atoms with Crippen molar-refractivity contribution in [1.29, 1.82) is 0 Å². The second kappa shape index (κ2) is 9.80. The molecule has 160 valence electrons. The van der Waals surface area contributed by atoms with Gasteiger partial charge in [0, 0.05) is 17.8 Å². The number of hydrogen-bond acceptors (Lipinski definition) is 8. The van der Waals surface area contributed by atoms with Gasteiger partial charge in [-0.1, -0.05) is 41.3 Å². The number of amides is 2. The summed E-state index contributed by atoms with van der Waals surface area (Å²) in [5.74, 6) is 0.524. The Hall–Kier alpha value is -3.11. The van der Waals surface area contributed by atoms with Crippen LogP contribution in [0.4, 0.5) is 16.5 Å². The quantitative estimate of drug-likeness (QED) is 0.420. The van der Waals surface area contributed by atoms with Gasteiger partial charge in [0.05, 0.1) is 24.1 Å². The summed E-state index contributed by atoms with van der Waals surface area (Å²) in [5, 5.41) is 17.8. The molecule has 0 radical (unpaired) electrons. The van der Waals surface area contributed by atoms with Crippen LogP contribution in [0.25, 0.3) is 0 Å². The normalized spacial score (nSPS) is 12.8. The molecule has 4 rings (SSSR count). The van der Waals surface area contributed by atoms with Gasteiger partial charge >= 0.3 is 0 Å². The standard InChI is InChI=1S/C21H21N5O3S2/c1-29-15-6-4-5-14(11-15)23-20-25-26-21(31-20)30-12-18(27)24-17-8-3-2-7-16(17)19(28)22-13-9-10-13/h2-8,11,13H,9-10,12H2,1H3,(H,22,28)(H,23,25)(H,24,27). The lowest BCUT2D eigenvalue weighted by Crippen LogP contribution is -2.27. The van der Waals surface area contributed by atoms with Crippen molar-refractivity contribution in [1.82, 2.24) is 15.5 Å². The Labute approximate surface area is 187 Å². The van der Waals surface area contributed by atoms with Crippen molar-refractivity contribution in [3.63, 3.8) is 0 Å². The molecule has 3 N–H and O–H groups in total. The largest absolute Gasteiger partial charge is 0.497 e. The van der Waals surface area contributed by atoms with Crippen LogP contribution in [0.3, 0.4) is 0 Å². The first kappa shape index (κ1) is 21.1. The van der Waals surface area contributed by atoms with Gasteiger partial charge < -0.3 is 20.7 Å². The minimum absolute atomic E-state index is 0.159. The van der Waals surface area contributed by atoms with E-state index in [9.17, 15) is 9.59 Å². The number of carbonyl (C=O) groups excluding carboxylic acids is 2. The highest BCUT2D eigenvalue weighted by Gasteiger charge is 2.25. The van der Waals surface area contributed by atoms with E-state index in [0.29, 0.717) is 20.7 Å². The van der Waals surface area contributed by atoms with Gasteiger partial charge in [0.2, 0.25) is 11.0 Å². The minimum Gasteiger partial charge on any atom is -0.497 e. The topological polar surface area (TPSA) is 105 Å². The number of methoxy groups -OCH3 is 1. The number of nitrogens with zero attached hydrogens (tertiary/aromatic N) is 2. The van der Waals surface area contributed by atoms with Crippen LogP contribution in [0.5, 0.6) is 5.75 Å². The van der Waals surface area contributed by atoms with E-state index in [4.69, 9.17) is 4.74 Å². The summed E-state index contributed by atoms with van der Waals surface area (Å²) in [4.78, 5) is 24.8. The maximum absolute atomic E-state index is 12.4. The van der Waals surface area contributed by atoms with Gasteiger partial charge in [-0.2, -0.15) is 0 Å². The number of rotatable bonds is 9. The molecule has 10 heteroatoms. The number of hydrogen-bond donors (Lipinski definition) is 3. The SMILES string of the molecule is COc1cccc(Nc2nnc(SCC(=O)Nc3ccccc3C(=O)NC3CC3)s2)c1. The molecule has 1 aliphatic carbocycles. The lowest BCUT2D eigenvalue weighted by atomic mass is 10.1. The Bertz CT molecular complexity index is 1080. The van der Waals surface area contributed by atoms with E-state index in [0.717, 1.165) is 24.3 Å². The van der Waals surface area contributed by atoms with Crippen LogP contribution in [0.2, 0.25) is 0 Å². The first-order valence-electron chi connectivity index (χ1n) is 9.68. The van der Waals surface area contributed by atoms with Gasteiger partial charge in [0.25, 0.3) is 5.91 Å². The number of thioether (sulfide) groups is 1. The monoisotopic (exact) mass is 455 g/mol. The smallest absolute Gasteiger partial charge is 0.253 e. The summed E-state index contributed by atoms with van der Waals surface area (Å²) < 4.78 is 5.88. The number of anilines is 3. The molecule has 2 amide bonds. The third kappa shape index (κ3) is 5.96. The Morgan fingerprint density at radius 1 is 1.16 bits per heavy atom. The van der Waals surface area contributed by atoms with Gasteiger partial charge in [0.1, 0.15) is 5.75 Å². The highest BCUT2D eigenvalue weighted by molar-refractivity contribution is 8.01. The molecule has 1 heterocycles. The van der Waals surface area contributed by atoms with Crippen LogP contribution in [0, 0.1) is 0 Å². The Kier molecular flexibility index (Phi) is 6.68. The molecule has 0 bridgehead atoms. The highest BCUT2D eigenvalue weighted by atomic mass is 32.2. The number of benzene rings is 2. The van der Waals surface area contributed by atoms with Crippen LogP contribution in [0.1, 0.15) is 23.2 Å². The summed E-state index contributed by atoms with van der Waals surface area (Å²) >= 11 is 2.65. The lowest BCUT2D eigenvalue weighted by molar-refractivity contribution is -0.113. The Morgan fingerprint density at radius 3 is 2.81 bits per heavy atom. The van der Waals surface area contributed by atoms with Crippen molar-refractivity contribution in [2.24, 2.45) is 0 Å². The zero-order valence-electron chi connectivity index (χ0n) is 16.8. The van der Waals surface area contributed by atoms with Crippen molar-refractivity contribution in [2.75, 3.05) is 23.5 Å². The van der Waals surface area contributed by atoms with Crippen molar-refractivity contribution in [2.45, 2.75) is 23.2 Å².